The van der Waals surface area contributed by atoms with Gasteiger partial charge in [-0.3, -0.25) is 0 Å². The van der Waals surface area contributed by atoms with E-state index in [9.17, 15) is 4.79 Å². The molecule has 0 aliphatic carbocycles. The highest BCUT2D eigenvalue weighted by Crippen LogP contribution is 2.09. The lowest BCUT2D eigenvalue weighted by Crippen LogP contribution is -2.04. The van der Waals surface area contributed by atoms with Crippen molar-refractivity contribution in [3.05, 3.63) is 24.0 Å². The molecule has 1 heterocycles. The topological polar surface area (TPSA) is 72.2 Å². The third-order valence-corrected chi connectivity index (χ3v) is 1.43. The van der Waals surface area contributed by atoms with Crippen molar-refractivity contribution in [2.75, 3.05) is 13.7 Å². The molecule has 5 heteroatoms. The minimum Gasteiger partial charge on any atom is -0.477 e. The zero-order valence-corrected chi connectivity index (χ0v) is 7.56. The third kappa shape index (κ3) is 2.45. The lowest BCUT2D eigenvalue weighted by atomic mass is 10.3. The molecular weight excluding hydrogens is 184 g/mol. The van der Waals surface area contributed by atoms with Crippen molar-refractivity contribution < 1.29 is 14.3 Å². The molecule has 0 atom stereocenters. The van der Waals surface area contributed by atoms with Gasteiger partial charge in [-0.2, -0.15) is 5.26 Å². The maximum Gasteiger partial charge on any atom is 0.356 e. The Morgan fingerprint density at radius 2 is 2.43 bits per heavy atom. The summed E-state index contributed by atoms with van der Waals surface area (Å²) in [6.45, 7) is -0.0424. The zero-order chi connectivity index (χ0) is 10.4. The first kappa shape index (κ1) is 9.99. The lowest BCUT2D eigenvalue weighted by Gasteiger charge is -2.01. The van der Waals surface area contributed by atoms with Crippen molar-refractivity contribution >= 4 is 5.97 Å². The van der Waals surface area contributed by atoms with Gasteiger partial charge in [0.2, 0.25) is 0 Å². The third-order valence-electron chi connectivity index (χ3n) is 1.43. The maximum atomic E-state index is 11.0. The number of ether oxygens (including phenoxy) is 2. The molecule has 72 valence electrons. The normalized spacial score (nSPS) is 8.86. The largest absolute Gasteiger partial charge is 0.477 e. The smallest absolute Gasteiger partial charge is 0.356 e. The van der Waals surface area contributed by atoms with Crippen LogP contribution in [0.15, 0.2) is 18.3 Å². The molecule has 0 saturated heterocycles. The first-order chi connectivity index (χ1) is 6.77. The number of esters is 1. The molecule has 5 nitrogen and oxygen atoms in total. The Kier molecular flexibility index (Phi) is 3.44. The van der Waals surface area contributed by atoms with Gasteiger partial charge in [-0.25, -0.2) is 9.78 Å². The van der Waals surface area contributed by atoms with Crippen LogP contribution in [-0.2, 0) is 4.74 Å². The zero-order valence-electron chi connectivity index (χ0n) is 7.56. The van der Waals surface area contributed by atoms with Crippen LogP contribution in [0, 0.1) is 11.3 Å². The van der Waals surface area contributed by atoms with E-state index in [0.29, 0.717) is 5.75 Å². The van der Waals surface area contributed by atoms with Gasteiger partial charge in [0.25, 0.3) is 0 Å². The first-order valence-corrected chi connectivity index (χ1v) is 3.82. The number of carbonyl (C=O) groups is 1. The van der Waals surface area contributed by atoms with E-state index in [1.807, 2.05) is 6.07 Å². The molecule has 0 aliphatic heterocycles. The highest BCUT2D eigenvalue weighted by molar-refractivity contribution is 5.87. The second-order valence-corrected chi connectivity index (χ2v) is 2.32. The van der Waals surface area contributed by atoms with E-state index < -0.39 is 5.97 Å². The van der Waals surface area contributed by atoms with Crippen LogP contribution in [0.5, 0.6) is 5.75 Å². The van der Waals surface area contributed by atoms with E-state index in [2.05, 4.69) is 9.72 Å². The fourth-order valence-corrected chi connectivity index (χ4v) is 0.807. The fourth-order valence-electron chi connectivity index (χ4n) is 0.807. The second kappa shape index (κ2) is 4.82. The van der Waals surface area contributed by atoms with Gasteiger partial charge in [-0.15, -0.1) is 0 Å². The number of hydrogen-bond donors (Lipinski definition) is 0. The van der Waals surface area contributed by atoms with Gasteiger partial charge in [-0.05, 0) is 12.1 Å². The lowest BCUT2D eigenvalue weighted by molar-refractivity contribution is 0.0594. The number of pyridine rings is 1. The summed E-state index contributed by atoms with van der Waals surface area (Å²) in [5, 5.41) is 8.24. The molecule has 0 radical (unpaired) electrons. The van der Waals surface area contributed by atoms with Gasteiger partial charge < -0.3 is 9.47 Å². The number of rotatable bonds is 3. The van der Waals surface area contributed by atoms with Crippen LogP contribution in [0.25, 0.3) is 0 Å². The van der Waals surface area contributed by atoms with Gasteiger partial charge in [0.15, 0.2) is 6.61 Å². The summed E-state index contributed by atoms with van der Waals surface area (Å²) in [7, 11) is 1.28. The molecule has 0 amide bonds. The second-order valence-electron chi connectivity index (χ2n) is 2.32. The summed E-state index contributed by atoms with van der Waals surface area (Å²) in [6.07, 6.45) is 1.36. The Morgan fingerprint density at radius 1 is 1.64 bits per heavy atom. The maximum absolute atomic E-state index is 11.0. The van der Waals surface area contributed by atoms with E-state index in [0.717, 1.165) is 0 Å². The minimum absolute atomic E-state index is 0.0424. The number of hydrogen-bond acceptors (Lipinski definition) is 5. The fraction of sp³-hybridized carbons (Fsp3) is 0.222. The molecule has 0 saturated carbocycles. The summed E-state index contributed by atoms with van der Waals surface area (Å²) in [5.41, 5.74) is 0.205. The number of aromatic nitrogens is 1. The number of carbonyl (C=O) groups excluding carboxylic acids is 1. The highest BCUT2D eigenvalue weighted by atomic mass is 16.5. The van der Waals surface area contributed by atoms with Gasteiger partial charge >= 0.3 is 5.97 Å². The van der Waals surface area contributed by atoms with Gasteiger partial charge in [0, 0.05) is 0 Å². The number of nitriles is 1. The van der Waals surface area contributed by atoms with Crippen LogP contribution in [0.2, 0.25) is 0 Å². The van der Waals surface area contributed by atoms with Crippen LogP contribution < -0.4 is 4.74 Å². The molecule has 1 rings (SSSR count). The average molecular weight is 192 g/mol. The van der Waals surface area contributed by atoms with Crippen LogP contribution in [0.1, 0.15) is 10.5 Å². The quantitative estimate of drug-likeness (QED) is 0.661. The Balaban J connectivity index is 2.69. The molecule has 1 aromatic rings. The highest BCUT2D eigenvalue weighted by Gasteiger charge is 2.05. The van der Waals surface area contributed by atoms with E-state index >= 15 is 0 Å². The first-order valence-electron chi connectivity index (χ1n) is 3.82. The molecular formula is C9H8N2O3. The van der Waals surface area contributed by atoms with Crippen molar-refractivity contribution in [3.63, 3.8) is 0 Å². The Morgan fingerprint density at radius 3 is 2.93 bits per heavy atom. The van der Waals surface area contributed by atoms with E-state index in [-0.39, 0.29) is 12.3 Å². The average Bonchev–Trinajstić information content (AvgIpc) is 2.26. The molecule has 14 heavy (non-hydrogen) atoms. The molecule has 0 N–H and O–H groups in total. The van der Waals surface area contributed by atoms with Crippen molar-refractivity contribution in [3.8, 4) is 11.8 Å². The van der Waals surface area contributed by atoms with E-state index in [1.54, 1.807) is 6.07 Å². The van der Waals surface area contributed by atoms with Crippen LogP contribution >= 0.6 is 0 Å². The minimum atomic E-state index is -0.503. The van der Waals surface area contributed by atoms with Crippen molar-refractivity contribution in [2.24, 2.45) is 0 Å². The molecule has 0 aliphatic rings. The predicted octanol–water partition coefficient (Wildman–Crippen LogP) is 0.771. The van der Waals surface area contributed by atoms with E-state index in [4.69, 9.17) is 10.00 Å². The van der Waals surface area contributed by atoms with Crippen molar-refractivity contribution in [2.45, 2.75) is 0 Å². The molecule has 0 fully saturated rings. The molecule has 0 aromatic carbocycles. The summed E-state index contributed by atoms with van der Waals surface area (Å²) in [4.78, 5) is 14.8. The van der Waals surface area contributed by atoms with E-state index in [1.165, 1.54) is 19.4 Å². The summed E-state index contributed by atoms with van der Waals surface area (Å²) < 4.78 is 9.41. The van der Waals surface area contributed by atoms with Crippen LogP contribution in [0.4, 0.5) is 0 Å². The van der Waals surface area contributed by atoms with Gasteiger partial charge in [0.1, 0.15) is 17.5 Å². The van der Waals surface area contributed by atoms with Gasteiger partial charge in [0.05, 0.1) is 13.3 Å². The summed E-state index contributed by atoms with van der Waals surface area (Å²) in [6, 6.07) is 4.85. The number of methoxy groups -OCH3 is 1. The van der Waals surface area contributed by atoms with Crippen molar-refractivity contribution in [1.82, 2.24) is 4.98 Å². The molecule has 1 aromatic heterocycles. The molecule has 0 bridgehead atoms. The Labute approximate surface area is 80.9 Å². The SMILES string of the molecule is COC(=O)c1ccc(OCC#N)cn1. The van der Waals surface area contributed by atoms with Crippen molar-refractivity contribution in [1.29, 1.82) is 5.26 Å². The predicted molar refractivity (Wildman–Crippen MR) is 46.7 cm³/mol. The number of nitrogens with zero attached hydrogens (tertiary/aromatic N) is 2. The van der Waals surface area contributed by atoms with Crippen LogP contribution in [-0.4, -0.2) is 24.7 Å². The van der Waals surface area contributed by atoms with Gasteiger partial charge in [-0.1, -0.05) is 0 Å². The standard InChI is InChI=1S/C9H8N2O3/c1-13-9(12)8-3-2-7(6-11-8)14-5-4-10/h2-3,6H,5H2,1H3. The monoisotopic (exact) mass is 192 g/mol. The molecule has 0 unspecified atom stereocenters. The molecule has 0 spiro atoms. The summed E-state index contributed by atoms with van der Waals surface area (Å²) >= 11 is 0. The Hall–Kier alpha value is -2.09. The Bertz CT molecular complexity index is 353. The summed E-state index contributed by atoms with van der Waals surface area (Å²) in [5.74, 6) is -0.0592. The van der Waals surface area contributed by atoms with Crippen LogP contribution in [0.3, 0.4) is 0 Å².